The van der Waals surface area contributed by atoms with E-state index in [1.54, 1.807) is 18.2 Å². The third kappa shape index (κ3) is 6.10. The van der Waals surface area contributed by atoms with Gasteiger partial charge >= 0.3 is 12.1 Å². The number of aromatic nitrogens is 2. The molecule has 3 aromatic rings. The summed E-state index contributed by atoms with van der Waals surface area (Å²) in [7, 11) is 0. The Labute approximate surface area is 243 Å². The van der Waals surface area contributed by atoms with E-state index in [4.69, 9.17) is 16.3 Å². The molecule has 0 bridgehead atoms. The third-order valence-electron chi connectivity index (χ3n) is 7.72. The van der Waals surface area contributed by atoms with Gasteiger partial charge in [-0.3, -0.25) is 9.58 Å². The molecule has 0 radical (unpaired) electrons. The Hall–Kier alpha value is -3.25. The Morgan fingerprint density at radius 1 is 1.12 bits per heavy atom. The van der Waals surface area contributed by atoms with Crippen molar-refractivity contribution in [3.63, 3.8) is 0 Å². The lowest BCUT2D eigenvalue weighted by Gasteiger charge is -2.36. The van der Waals surface area contributed by atoms with Crippen LogP contribution in [0.15, 0.2) is 42.6 Å². The fourth-order valence-corrected chi connectivity index (χ4v) is 5.94. The van der Waals surface area contributed by atoms with E-state index in [2.05, 4.69) is 5.10 Å². The number of benzene rings is 2. The first-order valence-electron chi connectivity index (χ1n) is 13.6. The summed E-state index contributed by atoms with van der Waals surface area (Å²) < 4.78 is 87.9. The summed E-state index contributed by atoms with van der Waals surface area (Å²) in [6.07, 6.45) is -7.94. The van der Waals surface area contributed by atoms with Gasteiger partial charge in [0.25, 0.3) is 6.43 Å². The van der Waals surface area contributed by atoms with E-state index in [9.17, 15) is 31.1 Å². The van der Waals surface area contributed by atoms with Gasteiger partial charge in [0.1, 0.15) is 5.56 Å². The predicted molar refractivity (Wildman–Crippen MR) is 146 cm³/mol. The second kappa shape index (κ2) is 12.2. The summed E-state index contributed by atoms with van der Waals surface area (Å²) in [4.78, 5) is 15.3. The highest BCUT2D eigenvalue weighted by Crippen LogP contribution is 2.40. The number of halogens is 7. The standard InChI is InChI=1S/C29H29ClF6N4O2/c1-2-42-28(41)23-14-37-40(25(23)29(34,35)36)21-4-3-10-38(16-21)24-13-20(30)7-8-22(24)18-5-6-19-15-39(27(33)26(31)32)11-9-17(19)12-18/h5-8,12-14,21,26-27H,2-4,9-11,15-16H2,1H3. The number of nitrogens with zero attached hydrogens (tertiary/aromatic N) is 4. The van der Waals surface area contributed by atoms with Crippen LogP contribution in [-0.4, -0.2) is 59.6 Å². The Morgan fingerprint density at radius 3 is 2.62 bits per heavy atom. The van der Waals surface area contributed by atoms with Crippen molar-refractivity contribution in [3.8, 4) is 11.1 Å². The van der Waals surface area contributed by atoms with Gasteiger partial charge in [-0.15, -0.1) is 0 Å². The Morgan fingerprint density at radius 2 is 1.90 bits per heavy atom. The van der Waals surface area contributed by atoms with Gasteiger partial charge in [-0.25, -0.2) is 18.0 Å². The number of hydrogen-bond acceptors (Lipinski definition) is 5. The molecule has 0 aliphatic carbocycles. The van der Waals surface area contributed by atoms with Gasteiger partial charge in [-0.1, -0.05) is 35.9 Å². The first-order valence-corrected chi connectivity index (χ1v) is 14.0. The van der Waals surface area contributed by atoms with Gasteiger partial charge in [-0.05, 0) is 55.0 Å². The fourth-order valence-electron chi connectivity index (χ4n) is 5.78. The van der Waals surface area contributed by atoms with Gasteiger partial charge in [0.05, 0.1) is 18.8 Å². The molecule has 1 aromatic heterocycles. The maximum Gasteiger partial charge on any atom is 0.433 e. The molecule has 0 amide bonds. The number of carbonyl (C=O) groups is 1. The van der Waals surface area contributed by atoms with Crippen molar-refractivity contribution in [1.29, 1.82) is 0 Å². The van der Waals surface area contributed by atoms with Crippen molar-refractivity contribution in [1.82, 2.24) is 14.7 Å². The van der Waals surface area contributed by atoms with E-state index in [1.807, 2.05) is 23.1 Å². The van der Waals surface area contributed by atoms with Gasteiger partial charge in [-0.2, -0.15) is 18.3 Å². The van der Waals surface area contributed by atoms with Crippen LogP contribution in [0.1, 0.15) is 53.0 Å². The topological polar surface area (TPSA) is 50.6 Å². The predicted octanol–water partition coefficient (Wildman–Crippen LogP) is 7.16. The van der Waals surface area contributed by atoms with E-state index in [0.29, 0.717) is 30.8 Å². The molecule has 1 saturated heterocycles. The van der Waals surface area contributed by atoms with Crippen LogP contribution in [0, 0.1) is 0 Å². The fraction of sp³-hybridized carbons (Fsp3) is 0.448. The maximum absolute atomic E-state index is 14.1. The number of piperidine rings is 1. The molecule has 0 N–H and O–H groups in total. The highest BCUT2D eigenvalue weighted by Gasteiger charge is 2.42. The van der Waals surface area contributed by atoms with E-state index < -0.39 is 42.2 Å². The molecular weight excluding hydrogens is 586 g/mol. The average molecular weight is 615 g/mol. The average Bonchev–Trinajstić information content (AvgIpc) is 3.43. The van der Waals surface area contributed by atoms with Crippen LogP contribution in [0.5, 0.6) is 0 Å². The van der Waals surface area contributed by atoms with Crippen LogP contribution in [0.3, 0.4) is 0 Å². The largest absolute Gasteiger partial charge is 0.462 e. The van der Waals surface area contributed by atoms with Gasteiger partial charge in [0.15, 0.2) is 5.69 Å². The second-order valence-electron chi connectivity index (χ2n) is 10.4. The molecular formula is C29H29ClF6N4O2. The minimum absolute atomic E-state index is 0.0664. The van der Waals surface area contributed by atoms with Crippen molar-refractivity contribution >= 4 is 23.3 Å². The Balaban J connectivity index is 1.45. The van der Waals surface area contributed by atoms with Crippen LogP contribution in [0.4, 0.5) is 32.0 Å². The normalized spacial score (nSPS) is 18.7. The van der Waals surface area contributed by atoms with Gasteiger partial charge in [0, 0.05) is 42.5 Å². The first-order chi connectivity index (χ1) is 20.0. The summed E-state index contributed by atoms with van der Waals surface area (Å²) in [5, 5.41) is 4.43. The van der Waals surface area contributed by atoms with Gasteiger partial charge in [0.2, 0.25) is 6.30 Å². The van der Waals surface area contributed by atoms with Crippen LogP contribution < -0.4 is 4.90 Å². The van der Waals surface area contributed by atoms with E-state index >= 15 is 0 Å². The minimum Gasteiger partial charge on any atom is -0.462 e. The van der Waals surface area contributed by atoms with Gasteiger partial charge < -0.3 is 9.64 Å². The zero-order chi connectivity index (χ0) is 30.2. The zero-order valence-corrected chi connectivity index (χ0v) is 23.4. The van der Waals surface area contributed by atoms with Crippen LogP contribution in [-0.2, 0) is 23.9 Å². The third-order valence-corrected chi connectivity index (χ3v) is 7.95. The lowest BCUT2D eigenvalue weighted by molar-refractivity contribution is -0.145. The number of hydrogen-bond donors (Lipinski definition) is 0. The van der Waals surface area contributed by atoms with E-state index in [-0.39, 0.29) is 26.2 Å². The molecule has 226 valence electrons. The van der Waals surface area contributed by atoms with Crippen molar-refractivity contribution in [2.75, 3.05) is 31.1 Å². The van der Waals surface area contributed by atoms with Crippen LogP contribution in [0.2, 0.25) is 5.02 Å². The lowest BCUT2D eigenvalue weighted by Crippen LogP contribution is -2.40. The van der Waals surface area contributed by atoms with Crippen molar-refractivity contribution < 1.29 is 35.9 Å². The molecule has 6 nitrogen and oxygen atoms in total. The van der Waals surface area contributed by atoms with Crippen molar-refractivity contribution in [2.45, 2.75) is 57.7 Å². The highest BCUT2D eigenvalue weighted by molar-refractivity contribution is 6.31. The summed E-state index contributed by atoms with van der Waals surface area (Å²) in [6, 6.07) is 10.2. The molecule has 3 heterocycles. The molecule has 0 saturated carbocycles. The monoisotopic (exact) mass is 614 g/mol. The Bertz CT molecular complexity index is 1450. The zero-order valence-electron chi connectivity index (χ0n) is 22.7. The minimum atomic E-state index is -4.82. The summed E-state index contributed by atoms with van der Waals surface area (Å²) >= 11 is 6.37. The molecule has 2 unspecified atom stereocenters. The van der Waals surface area contributed by atoms with Crippen molar-refractivity contribution in [2.24, 2.45) is 0 Å². The number of esters is 1. The maximum atomic E-state index is 14.1. The summed E-state index contributed by atoms with van der Waals surface area (Å²) in [5.41, 5.74) is 2.26. The van der Waals surface area contributed by atoms with Crippen LogP contribution >= 0.6 is 11.6 Å². The molecule has 2 atom stereocenters. The number of anilines is 1. The Kier molecular flexibility index (Phi) is 8.75. The summed E-state index contributed by atoms with van der Waals surface area (Å²) in [6.45, 7) is 2.42. The quantitative estimate of drug-likeness (QED) is 0.161. The first kappa shape index (κ1) is 30.2. The number of ether oxygens (including phenoxy) is 1. The van der Waals surface area contributed by atoms with E-state index in [0.717, 1.165) is 43.7 Å². The SMILES string of the molecule is CCOC(=O)c1cnn(C2CCCN(c3cc(Cl)ccc3-c3ccc4c(c3)CCN(C(F)C(F)F)C4)C2)c1C(F)(F)F. The van der Waals surface area contributed by atoms with Crippen molar-refractivity contribution in [3.05, 3.63) is 70.0 Å². The number of carbonyl (C=O) groups excluding carboxylic acids is 1. The number of alkyl halides is 6. The summed E-state index contributed by atoms with van der Waals surface area (Å²) in [5.74, 6) is -1.08. The molecule has 5 rings (SSSR count). The molecule has 1 fully saturated rings. The highest BCUT2D eigenvalue weighted by atomic mass is 35.5. The molecule has 13 heteroatoms. The number of rotatable bonds is 7. The second-order valence-corrected chi connectivity index (χ2v) is 10.8. The molecule has 2 aromatic carbocycles. The van der Waals surface area contributed by atoms with Crippen LogP contribution in [0.25, 0.3) is 11.1 Å². The molecule has 0 spiro atoms. The molecule has 2 aliphatic rings. The molecule has 42 heavy (non-hydrogen) atoms. The lowest BCUT2D eigenvalue weighted by atomic mass is 9.93. The smallest absolute Gasteiger partial charge is 0.433 e. The molecule has 2 aliphatic heterocycles. The van der Waals surface area contributed by atoms with E-state index in [1.165, 1.54) is 6.92 Å². The number of fused-ring (bicyclic) bond motifs is 1.